The van der Waals surface area contributed by atoms with Crippen LogP contribution in [0.25, 0.3) is 0 Å². The van der Waals surface area contributed by atoms with E-state index in [1.807, 2.05) is 24.9 Å². The zero-order valence-corrected chi connectivity index (χ0v) is 12.5. The molecule has 0 radical (unpaired) electrons. The highest BCUT2D eigenvalue weighted by atomic mass is 35.5. The van der Waals surface area contributed by atoms with E-state index in [9.17, 15) is 0 Å². The minimum atomic E-state index is 0.470. The van der Waals surface area contributed by atoms with Gasteiger partial charge < -0.3 is 4.90 Å². The second kappa shape index (κ2) is 7.07. The third kappa shape index (κ3) is 3.75. The van der Waals surface area contributed by atoms with Crippen LogP contribution in [-0.2, 0) is 5.88 Å². The van der Waals surface area contributed by atoms with E-state index in [0.717, 1.165) is 29.4 Å². The highest BCUT2D eigenvalue weighted by molar-refractivity contribution is 7.98. The molecule has 0 bridgehead atoms. The third-order valence-electron chi connectivity index (χ3n) is 2.91. The summed E-state index contributed by atoms with van der Waals surface area (Å²) in [7, 11) is 2.06. The maximum absolute atomic E-state index is 5.81. The van der Waals surface area contributed by atoms with Crippen LogP contribution >= 0.6 is 23.4 Å². The number of alkyl halides is 1. The van der Waals surface area contributed by atoms with Gasteiger partial charge in [0.2, 0.25) is 5.95 Å². The van der Waals surface area contributed by atoms with Gasteiger partial charge in [0.15, 0.2) is 0 Å². The van der Waals surface area contributed by atoms with Crippen molar-refractivity contribution >= 4 is 29.3 Å². The number of hydrogen-bond donors (Lipinski definition) is 0. The fraction of sp³-hybridized carbons (Fsp3) is 0.667. The van der Waals surface area contributed by atoms with Crippen molar-refractivity contribution in [2.75, 3.05) is 24.0 Å². The summed E-state index contributed by atoms with van der Waals surface area (Å²) in [5, 5.41) is 0. The van der Waals surface area contributed by atoms with Crippen LogP contribution in [-0.4, -0.2) is 35.1 Å². The van der Waals surface area contributed by atoms with E-state index in [4.69, 9.17) is 11.6 Å². The maximum atomic E-state index is 5.81. The standard InChI is InChI=1S/C12H20ClN3S/c1-5-11(8-17-4)16(3)12-14-7-10(6-13)9(2)15-12/h7,11H,5-6,8H2,1-4H3. The van der Waals surface area contributed by atoms with Crippen molar-refractivity contribution in [1.82, 2.24) is 9.97 Å². The van der Waals surface area contributed by atoms with Crippen LogP contribution in [0.15, 0.2) is 6.20 Å². The van der Waals surface area contributed by atoms with E-state index in [2.05, 4.69) is 35.1 Å². The summed E-state index contributed by atoms with van der Waals surface area (Å²) >= 11 is 7.66. The van der Waals surface area contributed by atoms with Crippen LogP contribution in [0.5, 0.6) is 0 Å². The molecule has 0 saturated heterocycles. The Morgan fingerprint density at radius 3 is 2.71 bits per heavy atom. The molecule has 0 aliphatic heterocycles. The van der Waals surface area contributed by atoms with Crippen molar-refractivity contribution in [3.8, 4) is 0 Å². The molecule has 96 valence electrons. The van der Waals surface area contributed by atoms with Gasteiger partial charge in [-0.15, -0.1) is 11.6 Å². The molecular formula is C12H20ClN3S. The molecule has 0 aromatic carbocycles. The lowest BCUT2D eigenvalue weighted by Crippen LogP contribution is -2.34. The number of rotatable bonds is 6. The second-order valence-electron chi connectivity index (χ2n) is 4.04. The van der Waals surface area contributed by atoms with Crippen molar-refractivity contribution in [2.45, 2.75) is 32.2 Å². The Hall–Kier alpha value is -0.480. The summed E-state index contributed by atoms with van der Waals surface area (Å²) in [6, 6.07) is 0.478. The summed E-state index contributed by atoms with van der Waals surface area (Å²) < 4.78 is 0. The first-order valence-electron chi connectivity index (χ1n) is 5.74. The Morgan fingerprint density at radius 1 is 1.53 bits per heavy atom. The van der Waals surface area contributed by atoms with Crippen LogP contribution in [0.1, 0.15) is 24.6 Å². The van der Waals surface area contributed by atoms with Gasteiger partial charge in [-0.1, -0.05) is 6.92 Å². The van der Waals surface area contributed by atoms with Gasteiger partial charge in [-0.05, 0) is 19.6 Å². The molecule has 5 heteroatoms. The lowest BCUT2D eigenvalue weighted by Gasteiger charge is -2.27. The quantitative estimate of drug-likeness (QED) is 0.745. The summed E-state index contributed by atoms with van der Waals surface area (Å²) in [5.74, 6) is 2.35. The fourth-order valence-electron chi connectivity index (χ4n) is 1.64. The molecule has 1 atom stereocenters. The average Bonchev–Trinajstić information content (AvgIpc) is 2.35. The van der Waals surface area contributed by atoms with Crippen molar-refractivity contribution in [2.24, 2.45) is 0 Å². The number of nitrogens with zero attached hydrogens (tertiary/aromatic N) is 3. The Kier molecular flexibility index (Phi) is 6.06. The van der Waals surface area contributed by atoms with Crippen LogP contribution in [0, 0.1) is 6.92 Å². The minimum Gasteiger partial charge on any atom is -0.340 e. The molecule has 17 heavy (non-hydrogen) atoms. The summed E-state index contributed by atoms with van der Waals surface area (Å²) in [6.45, 7) is 4.17. The van der Waals surface area contributed by atoms with Crippen molar-refractivity contribution in [3.05, 3.63) is 17.5 Å². The monoisotopic (exact) mass is 273 g/mol. The molecule has 1 rings (SSSR count). The first-order valence-corrected chi connectivity index (χ1v) is 7.67. The van der Waals surface area contributed by atoms with Gasteiger partial charge in [0.25, 0.3) is 0 Å². The SMILES string of the molecule is CCC(CSC)N(C)c1ncc(CCl)c(C)n1. The van der Waals surface area contributed by atoms with Crippen molar-refractivity contribution in [3.63, 3.8) is 0 Å². The van der Waals surface area contributed by atoms with E-state index in [1.165, 1.54) is 0 Å². The molecule has 0 aliphatic rings. The second-order valence-corrected chi connectivity index (χ2v) is 5.22. The van der Waals surface area contributed by atoms with E-state index < -0.39 is 0 Å². The number of hydrogen-bond acceptors (Lipinski definition) is 4. The molecule has 0 N–H and O–H groups in total. The van der Waals surface area contributed by atoms with E-state index in [1.54, 1.807) is 0 Å². The lowest BCUT2D eigenvalue weighted by molar-refractivity contribution is 0.655. The van der Waals surface area contributed by atoms with Crippen molar-refractivity contribution < 1.29 is 0 Å². The summed E-state index contributed by atoms with van der Waals surface area (Å²) in [6.07, 6.45) is 5.04. The van der Waals surface area contributed by atoms with Gasteiger partial charge in [-0.2, -0.15) is 11.8 Å². The largest absolute Gasteiger partial charge is 0.340 e. The zero-order chi connectivity index (χ0) is 12.8. The molecule has 3 nitrogen and oxygen atoms in total. The Bertz CT molecular complexity index is 360. The van der Waals surface area contributed by atoms with Crippen LogP contribution in [0.3, 0.4) is 0 Å². The Balaban J connectivity index is 2.87. The molecule has 1 heterocycles. The third-order valence-corrected chi connectivity index (χ3v) is 3.91. The van der Waals surface area contributed by atoms with Gasteiger partial charge in [0, 0.05) is 36.3 Å². The van der Waals surface area contributed by atoms with Gasteiger partial charge >= 0.3 is 0 Å². The molecule has 0 amide bonds. The minimum absolute atomic E-state index is 0.470. The number of aryl methyl sites for hydroxylation is 1. The average molecular weight is 274 g/mol. The number of thioether (sulfide) groups is 1. The first-order chi connectivity index (χ1) is 8.13. The summed E-state index contributed by atoms with van der Waals surface area (Å²) in [4.78, 5) is 11.1. The van der Waals surface area contributed by atoms with E-state index in [-0.39, 0.29) is 0 Å². The zero-order valence-electron chi connectivity index (χ0n) is 10.9. The number of halogens is 1. The molecule has 1 aromatic heterocycles. The van der Waals surface area contributed by atoms with E-state index >= 15 is 0 Å². The van der Waals surface area contributed by atoms with Gasteiger partial charge in [-0.3, -0.25) is 0 Å². The van der Waals surface area contributed by atoms with Gasteiger partial charge in [0.05, 0.1) is 5.88 Å². The molecule has 0 fully saturated rings. The van der Waals surface area contributed by atoms with Crippen molar-refractivity contribution in [1.29, 1.82) is 0 Å². The van der Waals surface area contributed by atoms with Crippen LogP contribution < -0.4 is 4.90 Å². The fourth-order valence-corrected chi connectivity index (χ4v) is 2.75. The molecular weight excluding hydrogens is 254 g/mol. The highest BCUT2D eigenvalue weighted by Crippen LogP contribution is 2.17. The Labute approximate surface area is 113 Å². The summed E-state index contributed by atoms with van der Waals surface area (Å²) in [5.41, 5.74) is 1.97. The lowest BCUT2D eigenvalue weighted by atomic mass is 10.2. The van der Waals surface area contributed by atoms with Crippen LogP contribution in [0.2, 0.25) is 0 Å². The molecule has 0 saturated carbocycles. The maximum Gasteiger partial charge on any atom is 0.225 e. The molecule has 0 spiro atoms. The highest BCUT2D eigenvalue weighted by Gasteiger charge is 2.15. The predicted octanol–water partition coefficient (Wildman–Crippen LogP) is 3.10. The number of aromatic nitrogens is 2. The molecule has 0 aliphatic carbocycles. The van der Waals surface area contributed by atoms with Crippen LogP contribution in [0.4, 0.5) is 5.95 Å². The van der Waals surface area contributed by atoms with Gasteiger partial charge in [-0.25, -0.2) is 9.97 Å². The first kappa shape index (κ1) is 14.6. The van der Waals surface area contributed by atoms with E-state index in [0.29, 0.717) is 11.9 Å². The normalized spacial score (nSPS) is 12.5. The molecule has 1 aromatic rings. The topological polar surface area (TPSA) is 29.0 Å². The van der Waals surface area contributed by atoms with Gasteiger partial charge in [0.1, 0.15) is 0 Å². The smallest absolute Gasteiger partial charge is 0.225 e. The Morgan fingerprint density at radius 2 is 2.24 bits per heavy atom. The number of anilines is 1. The molecule has 1 unspecified atom stereocenters. The predicted molar refractivity (Wildman–Crippen MR) is 77.2 cm³/mol.